The minimum atomic E-state index is 0.0749. The fraction of sp³-hybridized carbons (Fsp3) is 0.458. The van der Waals surface area contributed by atoms with Crippen molar-refractivity contribution in [3.05, 3.63) is 59.1 Å². The van der Waals surface area contributed by atoms with Crippen LogP contribution >= 0.6 is 11.6 Å². The van der Waals surface area contributed by atoms with Gasteiger partial charge in [-0.05, 0) is 93.6 Å². The molecule has 0 atom stereocenters. The summed E-state index contributed by atoms with van der Waals surface area (Å²) in [5, 5.41) is 3.84. The van der Waals surface area contributed by atoms with Crippen molar-refractivity contribution in [1.29, 1.82) is 0 Å². The molecule has 1 amide bonds. The van der Waals surface area contributed by atoms with Gasteiger partial charge in [0.25, 0.3) is 0 Å². The molecular weight excluding hydrogens is 384 g/mol. The molecule has 2 aliphatic rings. The number of nitrogens with zero attached hydrogens (tertiary/aromatic N) is 1. The summed E-state index contributed by atoms with van der Waals surface area (Å²) in [6.07, 6.45) is 6.96. The number of nitrogens with one attached hydrogen (secondary N) is 1. The Kier molecular flexibility index (Phi) is 6.73. The smallest absolute Gasteiger partial charge is 0.227 e. The average Bonchev–Trinajstić information content (AvgIpc) is 3.25. The number of likely N-dealkylation sites (tertiary alicyclic amines) is 1. The van der Waals surface area contributed by atoms with Crippen LogP contribution < -0.4 is 10.1 Å². The van der Waals surface area contributed by atoms with Gasteiger partial charge in [0.15, 0.2) is 0 Å². The fourth-order valence-electron chi connectivity index (χ4n) is 4.26. The van der Waals surface area contributed by atoms with Crippen molar-refractivity contribution in [3.63, 3.8) is 0 Å². The first-order valence-corrected chi connectivity index (χ1v) is 11.1. The summed E-state index contributed by atoms with van der Waals surface area (Å²) in [4.78, 5) is 15.1. The van der Waals surface area contributed by atoms with Crippen molar-refractivity contribution in [2.45, 2.75) is 51.2 Å². The van der Waals surface area contributed by atoms with Crippen molar-refractivity contribution in [1.82, 2.24) is 4.90 Å². The number of carbonyl (C=O) groups excluding carboxylic acids is 1. The van der Waals surface area contributed by atoms with Crippen LogP contribution in [-0.4, -0.2) is 30.0 Å². The Labute approximate surface area is 178 Å². The molecule has 1 aliphatic carbocycles. The molecule has 4 rings (SSSR count). The molecule has 1 saturated carbocycles. The van der Waals surface area contributed by atoms with Crippen LogP contribution in [-0.2, 0) is 11.3 Å². The first-order chi connectivity index (χ1) is 14.2. The van der Waals surface area contributed by atoms with Gasteiger partial charge in [0.1, 0.15) is 5.75 Å². The molecule has 2 fully saturated rings. The molecule has 29 heavy (non-hydrogen) atoms. The van der Waals surface area contributed by atoms with Crippen LogP contribution in [0.15, 0.2) is 48.5 Å². The highest BCUT2D eigenvalue weighted by Crippen LogP contribution is 2.26. The summed E-state index contributed by atoms with van der Waals surface area (Å²) in [5.74, 6) is 1.09. The molecule has 5 heteroatoms. The summed E-state index contributed by atoms with van der Waals surface area (Å²) in [5.41, 5.74) is 2.11. The zero-order chi connectivity index (χ0) is 20.1. The van der Waals surface area contributed by atoms with Gasteiger partial charge in [-0.3, -0.25) is 9.69 Å². The van der Waals surface area contributed by atoms with Gasteiger partial charge in [-0.2, -0.15) is 0 Å². The zero-order valence-corrected chi connectivity index (χ0v) is 17.5. The maximum Gasteiger partial charge on any atom is 0.227 e. The molecule has 0 unspecified atom stereocenters. The van der Waals surface area contributed by atoms with Gasteiger partial charge in [-0.1, -0.05) is 23.7 Å². The predicted octanol–water partition coefficient (Wildman–Crippen LogP) is 5.51. The van der Waals surface area contributed by atoms with E-state index in [4.69, 9.17) is 16.3 Å². The second-order valence-corrected chi connectivity index (χ2v) is 8.65. The largest absolute Gasteiger partial charge is 0.490 e. The molecule has 0 spiro atoms. The van der Waals surface area contributed by atoms with Gasteiger partial charge in [0.05, 0.1) is 6.10 Å². The lowest BCUT2D eigenvalue weighted by molar-refractivity contribution is -0.121. The Hall–Kier alpha value is -2.04. The number of ether oxygens (including phenoxy) is 1. The number of hydrogen-bond donors (Lipinski definition) is 1. The van der Waals surface area contributed by atoms with Gasteiger partial charge < -0.3 is 10.1 Å². The molecule has 2 aromatic rings. The number of hydrogen-bond acceptors (Lipinski definition) is 3. The molecule has 2 aromatic carbocycles. The van der Waals surface area contributed by atoms with E-state index in [-0.39, 0.29) is 11.8 Å². The summed E-state index contributed by atoms with van der Waals surface area (Å²) in [6, 6.07) is 15.8. The molecule has 1 aliphatic heterocycles. The third kappa shape index (κ3) is 5.74. The molecular formula is C24H29ClN2O2. The first kappa shape index (κ1) is 20.2. The van der Waals surface area contributed by atoms with Crippen molar-refractivity contribution >= 4 is 23.2 Å². The minimum absolute atomic E-state index is 0.0749. The van der Waals surface area contributed by atoms with Crippen LogP contribution in [0.3, 0.4) is 0 Å². The normalized spacial score (nSPS) is 18.7. The van der Waals surface area contributed by atoms with Gasteiger partial charge in [0.2, 0.25) is 5.91 Å². The zero-order valence-electron chi connectivity index (χ0n) is 16.8. The first-order valence-electron chi connectivity index (χ1n) is 10.7. The van der Waals surface area contributed by atoms with Crippen LogP contribution in [0.1, 0.15) is 44.1 Å². The standard InChI is InChI=1S/C24H29ClN2O2/c25-20-7-5-18(6-8-20)17-27-15-13-19(14-16-27)24(28)26-21-9-11-23(12-10-21)29-22-3-1-2-4-22/h5-12,19,22H,1-4,13-17H2,(H,26,28). The molecule has 1 saturated heterocycles. The second-order valence-electron chi connectivity index (χ2n) is 8.21. The van der Waals surface area contributed by atoms with E-state index < -0.39 is 0 Å². The van der Waals surface area contributed by atoms with Gasteiger partial charge in [0, 0.05) is 23.2 Å². The van der Waals surface area contributed by atoms with E-state index in [0.717, 1.165) is 61.8 Å². The van der Waals surface area contributed by atoms with Gasteiger partial charge >= 0.3 is 0 Å². The maximum atomic E-state index is 12.7. The van der Waals surface area contributed by atoms with Crippen LogP contribution in [0.4, 0.5) is 5.69 Å². The topological polar surface area (TPSA) is 41.6 Å². The minimum Gasteiger partial charge on any atom is -0.490 e. The lowest BCUT2D eigenvalue weighted by Gasteiger charge is -2.31. The quantitative estimate of drug-likeness (QED) is 0.679. The number of halogens is 1. The molecule has 1 heterocycles. The Balaban J connectivity index is 1.22. The average molecular weight is 413 g/mol. The van der Waals surface area contributed by atoms with E-state index in [0.29, 0.717) is 6.10 Å². The summed E-state index contributed by atoms with van der Waals surface area (Å²) < 4.78 is 5.99. The van der Waals surface area contributed by atoms with Crippen LogP contribution in [0, 0.1) is 5.92 Å². The predicted molar refractivity (Wildman–Crippen MR) is 117 cm³/mol. The third-order valence-corrected chi connectivity index (χ3v) is 6.26. The highest BCUT2D eigenvalue weighted by molar-refractivity contribution is 6.30. The monoisotopic (exact) mass is 412 g/mol. The summed E-state index contributed by atoms with van der Waals surface area (Å²) in [6.45, 7) is 2.79. The van der Waals surface area contributed by atoms with Crippen LogP contribution in [0.5, 0.6) is 5.75 Å². The molecule has 154 valence electrons. The number of carbonyl (C=O) groups is 1. The molecule has 0 aromatic heterocycles. The lowest BCUT2D eigenvalue weighted by atomic mass is 9.95. The van der Waals surface area contributed by atoms with Crippen molar-refractivity contribution < 1.29 is 9.53 Å². The Morgan fingerprint density at radius 2 is 1.62 bits per heavy atom. The number of benzene rings is 2. The Morgan fingerprint density at radius 3 is 2.28 bits per heavy atom. The molecule has 0 radical (unpaired) electrons. The van der Waals surface area contributed by atoms with E-state index in [1.807, 2.05) is 36.4 Å². The Morgan fingerprint density at radius 1 is 0.966 bits per heavy atom. The molecule has 4 nitrogen and oxygen atoms in total. The SMILES string of the molecule is O=C(Nc1ccc(OC2CCCC2)cc1)C1CCN(Cc2ccc(Cl)cc2)CC1. The number of amides is 1. The maximum absolute atomic E-state index is 12.7. The van der Waals surface area contributed by atoms with Crippen LogP contribution in [0.2, 0.25) is 5.02 Å². The molecule has 1 N–H and O–H groups in total. The lowest BCUT2D eigenvalue weighted by Crippen LogP contribution is -2.37. The third-order valence-electron chi connectivity index (χ3n) is 6.00. The van der Waals surface area contributed by atoms with E-state index in [1.165, 1.54) is 18.4 Å². The molecule has 0 bridgehead atoms. The van der Waals surface area contributed by atoms with E-state index >= 15 is 0 Å². The van der Waals surface area contributed by atoms with Crippen molar-refractivity contribution in [3.8, 4) is 5.75 Å². The van der Waals surface area contributed by atoms with E-state index in [9.17, 15) is 4.79 Å². The van der Waals surface area contributed by atoms with Crippen LogP contribution in [0.25, 0.3) is 0 Å². The van der Waals surface area contributed by atoms with Gasteiger partial charge in [-0.25, -0.2) is 0 Å². The second kappa shape index (κ2) is 9.64. The Bertz CT molecular complexity index is 793. The number of rotatable bonds is 6. The fourth-order valence-corrected chi connectivity index (χ4v) is 4.39. The number of piperidine rings is 1. The van der Waals surface area contributed by atoms with Crippen molar-refractivity contribution in [2.24, 2.45) is 5.92 Å². The summed E-state index contributed by atoms with van der Waals surface area (Å²) in [7, 11) is 0. The number of anilines is 1. The van der Waals surface area contributed by atoms with E-state index in [2.05, 4.69) is 22.3 Å². The van der Waals surface area contributed by atoms with Crippen molar-refractivity contribution in [2.75, 3.05) is 18.4 Å². The highest BCUT2D eigenvalue weighted by atomic mass is 35.5. The van der Waals surface area contributed by atoms with E-state index in [1.54, 1.807) is 0 Å². The highest BCUT2D eigenvalue weighted by Gasteiger charge is 2.25. The van der Waals surface area contributed by atoms with Gasteiger partial charge in [-0.15, -0.1) is 0 Å². The summed E-state index contributed by atoms with van der Waals surface area (Å²) >= 11 is 5.96.